The quantitative estimate of drug-likeness (QED) is 0.574. The van der Waals surface area contributed by atoms with Crippen molar-refractivity contribution in [3.63, 3.8) is 0 Å². The molecular formula is C22H27N2+. The van der Waals surface area contributed by atoms with Crippen molar-refractivity contribution < 1.29 is 4.57 Å². The maximum absolute atomic E-state index is 2.42. The van der Waals surface area contributed by atoms with Gasteiger partial charge in [-0.05, 0) is 65.1 Å². The maximum Gasteiger partial charge on any atom is 0.249 e. The van der Waals surface area contributed by atoms with Crippen molar-refractivity contribution in [3.8, 4) is 5.69 Å². The first-order valence-corrected chi connectivity index (χ1v) is 8.82. The Balaban J connectivity index is 2.00. The second-order valence-electron chi connectivity index (χ2n) is 8.71. The molecule has 1 aliphatic rings. The number of nitrogens with zero attached hydrogens (tertiary/aromatic N) is 2. The molecule has 3 aromatic rings. The standard InChI is InChI=1S/C22H27N2/c1-15-11-16(12-17-20(15)22(4,5)13-21(17,2)3)24-14-23(6)18-9-7-8-10-19(18)24/h7-12,14H,13H2,1-6H3/q+1. The van der Waals surface area contributed by atoms with Crippen LogP contribution in [0.3, 0.4) is 0 Å². The molecule has 0 spiro atoms. The Morgan fingerprint density at radius 3 is 2.46 bits per heavy atom. The van der Waals surface area contributed by atoms with Crippen LogP contribution < -0.4 is 4.57 Å². The van der Waals surface area contributed by atoms with E-state index in [0.29, 0.717) is 0 Å². The van der Waals surface area contributed by atoms with Crippen LogP contribution in [0.4, 0.5) is 0 Å². The van der Waals surface area contributed by atoms with E-state index in [0.717, 1.165) is 0 Å². The van der Waals surface area contributed by atoms with Gasteiger partial charge in [-0.15, -0.1) is 0 Å². The minimum absolute atomic E-state index is 0.227. The molecule has 1 aromatic heterocycles. The van der Waals surface area contributed by atoms with Crippen LogP contribution in [0.5, 0.6) is 0 Å². The smallest absolute Gasteiger partial charge is 0.232 e. The second-order valence-corrected chi connectivity index (χ2v) is 8.71. The van der Waals surface area contributed by atoms with Gasteiger partial charge in [-0.2, -0.15) is 4.57 Å². The maximum atomic E-state index is 2.42. The summed E-state index contributed by atoms with van der Waals surface area (Å²) in [5.74, 6) is 0. The van der Waals surface area contributed by atoms with Gasteiger partial charge in [0.2, 0.25) is 6.33 Å². The third-order valence-electron chi connectivity index (χ3n) is 5.70. The summed E-state index contributed by atoms with van der Waals surface area (Å²) in [6.45, 7) is 11.8. The Bertz CT molecular complexity index is 958. The number of aryl methyl sites for hydroxylation is 2. The Morgan fingerprint density at radius 2 is 1.71 bits per heavy atom. The molecule has 0 amide bonds. The van der Waals surface area contributed by atoms with E-state index in [1.807, 2.05) is 0 Å². The largest absolute Gasteiger partial charge is 0.249 e. The highest BCUT2D eigenvalue weighted by atomic mass is 15.1. The van der Waals surface area contributed by atoms with E-state index in [1.165, 1.54) is 34.3 Å². The van der Waals surface area contributed by atoms with Gasteiger partial charge in [-0.3, -0.25) is 0 Å². The lowest BCUT2D eigenvalue weighted by molar-refractivity contribution is -0.645. The molecule has 1 aliphatic carbocycles. The third kappa shape index (κ3) is 2.05. The molecule has 0 radical (unpaired) electrons. The fourth-order valence-electron chi connectivity index (χ4n) is 5.10. The summed E-state index contributed by atoms with van der Waals surface area (Å²) in [7, 11) is 2.12. The number of hydrogen-bond donors (Lipinski definition) is 0. The molecule has 0 bridgehead atoms. The molecule has 2 heteroatoms. The zero-order chi connectivity index (χ0) is 17.3. The zero-order valence-corrected chi connectivity index (χ0v) is 15.6. The average molecular weight is 319 g/mol. The predicted molar refractivity (Wildman–Crippen MR) is 99.9 cm³/mol. The topological polar surface area (TPSA) is 8.81 Å². The van der Waals surface area contributed by atoms with Crippen molar-refractivity contribution >= 4 is 11.0 Å². The van der Waals surface area contributed by atoms with E-state index in [-0.39, 0.29) is 10.8 Å². The molecule has 24 heavy (non-hydrogen) atoms. The van der Waals surface area contributed by atoms with Crippen LogP contribution in [-0.4, -0.2) is 4.57 Å². The number of aromatic nitrogens is 2. The molecule has 0 unspecified atom stereocenters. The van der Waals surface area contributed by atoms with Gasteiger partial charge in [0, 0.05) is 0 Å². The number of fused-ring (bicyclic) bond motifs is 2. The first-order valence-electron chi connectivity index (χ1n) is 8.82. The summed E-state index contributed by atoms with van der Waals surface area (Å²) in [5, 5.41) is 0. The van der Waals surface area contributed by atoms with Gasteiger partial charge < -0.3 is 0 Å². The van der Waals surface area contributed by atoms with Crippen LogP contribution in [0.2, 0.25) is 0 Å². The molecule has 2 aromatic carbocycles. The lowest BCUT2D eigenvalue weighted by Crippen LogP contribution is -2.25. The van der Waals surface area contributed by atoms with Crippen LogP contribution >= 0.6 is 0 Å². The Kier molecular flexibility index (Phi) is 3.04. The summed E-state index contributed by atoms with van der Waals surface area (Å²) < 4.78 is 4.52. The number of rotatable bonds is 1. The van der Waals surface area contributed by atoms with Gasteiger partial charge in [-0.1, -0.05) is 39.8 Å². The van der Waals surface area contributed by atoms with E-state index in [4.69, 9.17) is 0 Å². The SMILES string of the molecule is Cc1cc(-n2c[n+](C)c3ccccc32)cc2c1C(C)(C)CC2(C)C. The lowest BCUT2D eigenvalue weighted by atomic mass is 9.81. The van der Waals surface area contributed by atoms with E-state index in [9.17, 15) is 0 Å². The molecule has 124 valence electrons. The zero-order valence-electron chi connectivity index (χ0n) is 15.6. The molecule has 1 heterocycles. The van der Waals surface area contributed by atoms with Crippen molar-refractivity contribution in [2.75, 3.05) is 0 Å². The Hall–Kier alpha value is -2.09. The summed E-state index contributed by atoms with van der Waals surface area (Å²) in [5.41, 5.74) is 8.76. The monoisotopic (exact) mass is 319 g/mol. The van der Waals surface area contributed by atoms with Gasteiger partial charge in [0.25, 0.3) is 0 Å². The van der Waals surface area contributed by atoms with E-state index in [1.54, 1.807) is 5.56 Å². The molecule has 0 aliphatic heterocycles. The number of para-hydroxylation sites is 2. The van der Waals surface area contributed by atoms with Gasteiger partial charge >= 0.3 is 0 Å². The molecule has 0 N–H and O–H groups in total. The average Bonchev–Trinajstić information content (AvgIpc) is 2.91. The highest BCUT2D eigenvalue weighted by molar-refractivity contribution is 5.74. The number of hydrogen-bond acceptors (Lipinski definition) is 0. The Labute approximate surface area is 144 Å². The first-order chi connectivity index (χ1) is 11.2. The number of imidazole rings is 1. The fraction of sp³-hybridized carbons (Fsp3) is 0.409. The normalized spacial score (nSPS) is 18.1. The van der Waals surface area contributed by atoms with Crippen molar-refractivity contribution in [3.05, 3.63) is 59.4 Å². The molecule has 2 nitrogen and oxygen atoms in total. The fourth-order valence-corrected chi connectivity index (χ4v) is 5.10. The van der Waals surface area contributed by atoms with E-state index >= 15 is 0 Å². The van der Waals surface area contributed by atoms with Crippen molar-refractivity contribution in [2.24, 2.45) is 7.05 Å². The van der Waals surface area contributed by atoms with Gasteiger partial charge in [0.05, 0.1) is 7.05 Å². The second kappa shape index (κ2) is 4.72. The van der Waals surface area contributed by atoms with Crippen LogP contribution in [-0.2, 0) is 17.9 Å². The van der Waals surface area contributed by atoms with Crippen molar-refractivity contribution in [1.82, 2.24) is 4.57 Å². The Morgan fingerprint density at radius 1 is 1.00 bits per heavy atom. The van der Waals surface area contributed by atoms with Crippen molar-refractivity contribution in [1.29, 1.82) is 0 Å². The van der Waals surface area contributed by atoms with Gasteiger partial charge in [0.1, 0.15) is 5.69 Å². The van der Waals surface area contributed by atoms with Gasteiger partial charge in [-0.25, -0.2) is 4.57 Å². The molecule has 0 fully saturated rings. The molecule has 0 saturated heterocycles. The van der Waals surface area contributed by atoms with Gasteiger partial charge in [0.15, 0.2) is 11.0 Å². The highest BCUT2D eigenvalue weighted by Gasteiger charge is 2.43. The summed E-state index contributed by atoms with van der Waals surface area (Å²) in [4.78, 5) is 0. The minimum atomic E-state index is 0.227. The van der Waals surface area contributed by atoms with E-state index < -0.39 is 0 Å². The molecule has 0 atom stereocenters. The summed E-state index contributed by atoms with van der Waals surface area (Å²) in [6, 6.07) is 13.4. The molecule has 4 rings (SSSR count). The molecule has 0 saturated carbocycles. The van der Waals surface area contributed by atoms with Crippen molar-refractivity contribution in [2.45, 2.75) is 51.9 Å². The molecular weight excluding hydrogens is 292 g/mol. The van der Waals surface area contributed by atoms with Crippen LogP contribution in [0.1, 0.15) is 50.8 Å². The van der Waals surface area contributed by atoms with E-state index in [2.05, 4.69) is 93.5 Å². The predicted octanol–water partition coefficient (Wildman–Crippen LogP) is 4.72. The van der Waals surface area contributed by atoms with Crippen LogP contribution in [0.15, 0.2) is 42.7 Å². The minimum Gasteiger partial charge on any atom is -0.232 e. The van der Waals surface area contributed by atoms with Crippen LogP contribution in [0.25, 0.3) is 16.7 Å². The van der Waals surface area contributed by atoms with Crippen LogP contribution in [0, 0.1) is 6.92 Å². The third-order valence-corrected chi connectivity index (χ3v) is 5.70. The number of benzene rings is 2. The summed E-state index contributed by atoms with van der Waals surface area (Å²) >= 11 is 0. The lowest BCUT2D eigenvalue weighted by Gasteiger charge is -2.23. The summed E-state index contributed by atoms with van der Waals surface area (Å²) in [6.07, 6.45) is 3.40. The highest BCUT2D eigenvalue weighted by Crippen LogP contribution is 2.51. The first kappa shape index (κ1) is 15.4.